The minimum absolute atomic E-state index is 0.0191. The maximum atomic E-state index is 12.1. The van der Waals surface area contributed by atoms with Crippen LogP contribution in [-0.4, -0.2) is 64.7 Å². The number of hydrogen-bond acceptors (Lipinski definition) is 14. The molecule has 14 heteroatoms. The van der Waals surface area contributed by atoms with Gasteiger partial charge in [-0.1, -0.05) is 81.4 Å². The number of fused-ring (bicyclic) bond motifs is 2. The summed E-state index contributed by atoms with van der Waals surface area (Å²) < 4.78 is 23.4. The molecule has 8 aromatic rings. The molecular formula is C51H49N3O8S3. The Morgan fingerprint density at radius 1 is 0.477 bits per heavy atom. The molecule has 334 valence electrons. The van der Waals surface area contributed by atoms with Gasteiger partial charge in [0.05, 0.1) is 39.2 Å². The number of carbonyl (C=O) groups is 4. The maximum absolute atomic E-state index is 12.1. The lowest BCUT2D eigenvalue weighted by atomic mass is 10.2. The van der Waals surface area contributed by atoms with Gasteiger partial charge >= 0.3 is 5.97 Å². The molecule has 0 unspecified atom stereocenters. The molecule has 0 saturated carbocycles. The standard InChI is InChI=1S/C17H19NO4S.2C17H15NO2S/c1-3-12-5-7-14(8-6-12)22-10-15(19)17-18-13(11-23-17)9-16(20)21-4-2;2*1-2-12-7-9-13(10-8-12)20-11-15(19)17-18-14-5-3-4-6-16(14)21-17/h5-8,11H,3-4,9-10H2,1-2H3;2*3-10H,2,11H2,1H3. The van der Waals surface area contributed by atoms with Gasteiger partial charge in [-0.3, -0.25) is 19.2 Å². The number of nitrogens with zero attached hydrogens (tertiary/aromatic N) is 3. The van der Waals surface area contributed by atoms with Crippen LogP contribution in [-0.2, 0) is 35.2 Å². The maximum Gasteiger partial charge on any atom is 0.311 e. The first-order valence-corrected chi connectivity index (χ1v) is 23.7. The number of hydrogen-bond donors (Lipinski definition) is 0. The summed E-state index contributed by atoms with van der Waals surface area (Å²) in [6.45, 7) is 8.33. The average molecular weight is 928 g/mol. The third kappa shape index (κ3) is 14.4. The van der Waals surface area contributed by atoms with Gasteiger partial charge in [0.1, 0.15) is 17.2 Å². The number of aryl methyl sites for hydroxylation is 3. The Morgan fingerprint density at radius 2 is 0.862 bits per heavy atom. The first kappa shape index (κ1) is 47.9. The van der Waals surface area contributed by atoms with Gasteiger partial charge in [-0.2, -0.15) is 0 Å². The van der Waals surface area contributed by atoms with Gasteiger partial charge < -0.3 is 18.9 Å². The molecule has 0 saturated heterocycles. The van der Waals surface area contributed by atoms with Crippen LogP contribution in [0.15, 0.2) is 127 Å². The monoisotopic (exact) mass is 927 g/mol. The normalized spacial score (nSPS) is 10.6. The Bertz CT molecular complexity index is 2600. The third-order valence-electron chi connectivity index (χ3n) is 9.59. The predicted molar refractivity (Wildman–Crippen MR) is 259 cm³/mol. The molecule has 65 heavy (non-hydrogen) atoms. The number of thiazole rings is 3. The molecular weight excluding hydrogens is 879 g/mol. The first-order valence-electron chi connectivity index (χ1n) is 21.2. The fourth-order valence-corrected chi connectivity index (χ4v) is 8.48. The number of Topliss-reactive ketones (excluding diaryl/α,β-unsaturated/α-hetero) is 3. The van der Waals surface area contributed by atoms with Crippen molar-refractivity contribution in [3.63, 3.8) is 0 Å². The number of carbonyl (C=O) groups excluding carboxylic acids is 4. The summed E-state index contributed by atoms with van der Waals surface area (Å²) in [6.07, 6.45) is 3.02. The van der Waals surface area contributed by atoms with Crippen LogP contribution in [0.25, 0.3) is 20.4 Å². The van der Waals surface area contributed by atoms with Gasteiger partial charge in [-0.25, -0.2) is 15.0 Å². The third-order valence-corrected chi connectivity index (χ3v) is 12.7. The summed E-state index contributed by atoms with van der Waals surface area (Å²) in [5.74, 6) is 1.35. The number of rotatable bonds is 18. The zero-order chi connectivity index (χ0) is 46.0. The lowest BCUT2D eigenvalue weighted by Crippen LogP contribution is -2.12. The highest BCUT2D eigenvalue weighted by Crippen LogP contribution is 2.24. The van der Waals surface area contributed by atoms with Crippen LogP contribution in [0.5, 0.6) is 17.2 Å². The van der Waals surface area contributed by atoms with Gasteiger partial charge in [-0.15, -0.1) is 34.0 Å². The van der Waals surface area contributed by atoms with Crippen LogP contribution >= 0.6 is 34.0 Å². The SMILES string of the molecule is CCOC(=O)Cc1csc(C(=O)COc2ccc(CC)cc2)n1.CCc1ccc(OCC(=O)c2nc3ccccc3s2)cc1.CCc1ccc(OCC(=O)c2nc3ccccc3s2)cc1. The second kappa shape index (κ2) is 24.5. The summed E-state index contributed by atoms with van der Waals surface area (Å²) in [6, 6.07) is 38.7. The minimum Gasteiger partial charge on any atom is -0.485 e. The molecule has 8 rings (SSSR count). The fourth-order valence-electron chi connectivity index (χ4n) is 5.96. The molecule has 11 nitrogen and oxygen atoms in total. The summed E-state index contributed by atoms with van der Waals surface area (Å²) in [5.41, 5.74) is 5.98. The molecule has 0 radical (unpaired) electrons. The van der Waals surface area contributed by atoms with E-state index in [2.05, 4.69) is 35.7 Å². The van der Waals surface area contributed by atoms with Crippen LogP contribution in [0.3, 0.4) is 0 Å². The van der Waals surface area contributed by atoms with Gasteiger partial charge in [0.15, 0.2) is 34.8 Å². The van der Waals surface area contributed by atoms with Crippen LogP contribution in [0.2, 0.25) is 0 Å². The highest BCUT2D eigenvalue weighted by atomic mass is 32.1. The summed E-state index contributed by atoms with van der Waals surface area (Å²) in [7, 11) is 0. The molecule has 0 aliphatic rings. The first-order chi connectivity index (χ1) is 31.6. The quantitative estimate of drug-likeness (QED) is 0.0599. The van der Waals surface area contributed by atoms with Gasteiger partial charge in [0, 0.05) is 5.38 Å². The van der Waals surface area contributed by atoms with Crippen molar-refractivity contribution in [2.24, 2.45) is 0 Å². The Morgan fingerprint density at radius 3 is 1.23 bits per heavy atom. The van der Waals surface area contributed by atoms with E-state index < -0.39 is 0 Å². The highest BCUT2D eigenvalue weighted by molar-refractivity contribution is 7.20. The van der Waals surface area contributed by atoms with E-state index in [-0.39, 0.29) is 49.6 Å². The molecule has 0 aliphatic heterocycles. The van der Waals surface area contributed by atoms with Crippen molar-refractivity contribution >= 4 is 77.8 Å². The summed E-state index contributed by atoms with van der Waals surface area (Å²) >= 11 is 4.02. The molecule has 0 bridgehead atoms. The van der Waals surface area contributed by atoms with Crippen molar-refractivity contribution in [2.45, 2.75) is 53.4 Å². The second-order valence-corrected chi connectivity index (χ2v) is 17.1. The van der Waals surface area contributed by atoms with E-state index in [1.807, 2.05) is 121 Å². The lowest BCUT2D eigenvalue weighted by Gasteiger charge is -2.05. The van der Waals surface area contributed by atoms with Crippen LogP contribution in [0.4, 0.5) is 0 Å². The molecule has 3 heterocycles. The Hall–Kier alpha value is -6.61. The fraction of sp³-hybridized carbons (Fsp3) is 0.235. The molecule has 3 aromatic heterocycles. The number of ketones is 3. The molecule has 5 aromatic carbocycles. The van der Waals surface area contributed by atoms with E-state index in [9.17, 15) is 19.2 Å². The van der Waals surface area contributed by atoms with Crippen LogP contribution < -0.4 is 14.2 Å². The van der Waals surface area contributed by atoms with Crippen molar-refractivity contribution in [3.8, 4) is 17.2 Å². The van der Waals surface area contributed by atoms with E-state index in [4.69, 9.17) is 18.9 Å². The number of aromatic nitrogens is 3. The second-order valence-electron chi connectivity index (χ2n) is 14.2. The topological polar surface area (TPSA) is 144 Å². The van der Waals surface area contributed by atoms with Gasteiger partial charge in [0.25, 0.3) is 0 Å². The van der Waals surface area contributed by atoms with Crippen LogP contribution in [0.1, 0.15) is 79.5 Å². The zero-order valence-corrected chi connectivity index (χ0v) is 39.1. The summed E-state index contributed by atoms with van der Waals surface area (Å²) in [4.78, 5) is 60.6. The molecule has 0 spiro atoms. The molecule has 0 amide bonds. The number of benzene rings is 5. The largest absolute Gasteiger partial charge is 0.485 e. The zero-order valence-electron chi connectivity index (χ0n) is 36.6. The number of esters is 1. The predicted octanol–water partition coefficient (Wildman–Crippen LogP) is 11.3. The highest BCUT2D eigenvalue weighted by Gasteiger charge is 2.16. The van der Waals surface area contributed by atoms with E-state index in [1.165, 1.54) is 50.7 Å². The van der Waals surface area contributed by atoms with Crippen molar-refractivity contribution in [2.75, 3.05) is 26.4 Å². The van der Waals surface area contributed by atoms with E-state index in [1.54, 1.807) is 12.3 Å². The van der Waals surface area contributed by atoms with Crippen molar-refractivity contribution in [1.82, 2.24) is 15.0 Å². The van der Waals surface area contributed by atoms with E-state index in [0.717, 1.165) is 39.7 Å². The van der Waals surface area contributed by atoms with E-state index in [0.29, 0.717) is 44.6 Å². The van der Waals surface area contributed by atoms with Crippen LogP contribution in [0, 0.1) is 0 Å². The average Bonchev–Trinajstić information content (AvgIpc) is 4.12. The Balaban J connectivity index is 0.000000162. The molecule has 0 fully saturated rings. The van der Waals surface area contributed by atoms with Crippen molar-refractivity contribution in [3.05, 3.63) is 164 Å². The number of para-hydroxylation sites is 2. The van der Waals surface area contributed by atoms with Gasteiger partial charge in [-0.05, 0) is 104 Å². The smallest absolute Gasteiger partial charge is 0.311 e. The molecule has 0 atom stereocenters. The van der Waals surface area contributed by atoms with Gasteiger partial charge in [0.2, 0.25) is 17.3 Å². The number of ether oxygens (including phenoxy) is 4. The molecule has 0 aliphatic carbocycles. The minimum atomic E-state index is -0.343. The molecule has 0 N–H and O–H groups in total. The summed E-state index contributed by atoms with van der Waals surface area (Å²) in [5, 5.41) is 3.04. The Kier molecular flexibility index (Phi) is 18.0. The Labute approximate surface area is 390 Å². The van der Waals surface area contributed by atoms with Crippen molar-refractivity contribution in [1.29, 1.82) is 0 Å². The lowest BCUT2D eigenvalue weighted by molar-refractivity contribution is -0.142. The van der Waals surface area contributed by atoms with Crippen molar-refractivity contribution < 1.29 is 38.1 Å². The van der Waals surface area contributed by atoms with E-state index >= 15 is 0 Å².